The van der Waals surface area contributed by atoms with Crippen LogP contribution in [-0.2, 0) is 11.0 Å². The summed E-state index contributed by atoms with van der Waals surface area (Å²) in [7, 11) is 1.72. The molecule has 1 aromatic heterocycles. The average Bonchev–Trinajstić information content (AvgIpc) is 2.85. The fourth-order valence-corrected chi connectivity index (χ4v) is 3.44. The molecule has 3 aromatic rings. The highest BCUT2D eigenvalue weighted by molar-refractivity contribution is 6.32. The summed E-state index contributed by atoms with van der Waals surface area (Å²) in [5.41, 5.74) is -0.726. The third-order valence-corrected chi connectivity index (χ3v) is 5.31. The van der Waals surface area contributed by atoms with Gasteiger partial charge in [-0.05, 0) is 43.4 Å². The van der Waals surface area contributed by atoms with Crippen molar-refractivity contribution in [3.63, 3.8) is 0 Å². The number of amides is 2. The highest BCUT2D eigenvalue weighted by Gasteiger charge is 2.31. The van der Waals surface area contributed by atoms with Gasteiger partial charge in [0.25, 0.3) is 17.7 Å². The summed E-state index contributed by atoms with van der Waals surface area (Å²) in [6, 6.07) is 7.28. The number of nitrogens with one attached hydrogen (secondary N) is 4. The van der Waals surface area contributed by atoms with E-state index in [9.17, 15) is 22.8 Å². The maximum atomic E-state index is 13.4. The molecule has 0 aliphatic carbocycles. The molecule has 2 amide bonds. The lowest BCUT2D eigenvalue weighted by molar-refractivity contribution is -0.137. The number of fused-ring (bicyclic) bond motifs is 1. The van der Waals surface area contributed by atoms with E-state index >= 15 is 0 Å². The molecule has 0 unspecified atom stereocenters. The summed E-state index contributed by atoms with van der Waals surface area (Å²) in [4.78, 5) is 32.3. The number of anilines is 3. The Kier molecular flexibility index (Phi) is 7.64. The van der Waals surface area contributed by atoms with Crippen LogP contribution in [-0.4, -0.2) is 48.5 Å². The van der Waals surface area contributed by atoms with E-state index in [1.165, 1.54) is 24.3 Å². The zero-order chi connectivity index (χ0) is 26.6. The van der Waals surface area contributed by atoms with Crippen molar-refractivity contribution in [3.05, 3.63) is 58.9 Å². The summed E-state index contributed by atoms with van der Waals surface area (Å²) < 4.78 is 51.3. The zero-order valence-electron chi connectivity index (χ0n) is 19.2. The van der Waals surface area contributed by atoms with Crippen molar-refractivity contribution in [2.45, 2.75) is 6.18 Å². The highest BCUT2D eigenvalue weighted by Crippen LogP contribution is 2.39. The molecule has 2 heterocycles. The van der Waals surface area contributed by atoms with Crippen LogP contribution in [0, 0.1) is 0 Å². The Morgan fingerprint density at radius 1 is 1.16 bits per heavy atom. The van der Waals surface area contributed by atoms with Crippen molar-refractivity contribution >= 4 is 40.6 Å². The highest BCUT2D eigenvalue weighted by atomic mass is 35.5. The first-order valence-corrected chi connectivity index (χ1v) is 11.2. The molecule has 14 heteroatoms. The molecule has 0 fully saturated rings. The van der Waals surface area contributed by atoms with Gasteiger partial charge in [0.05, 0.1) is 10.6 Å². The standard InChI is InChI=1S/C23H20ClF3N6O4/c1-28-4-5-29-14-7-13(23(25,26)27)8-15(9-14)32-21(35)12-2-3-16(24)17(6-12)37-22-19-20(30-11-31-22)33-18(34)10-36-19/h2-3,6-9,11,28-29H,4-5,10H2,1H3,(H,32,35)(H,30,31,33,34). The predicted molar refractivity (Wildman–Crippen MR) is 129 cm³/mol. The number of aromatic nitrogens is 2. The van der Waals surface area contributed by atoms with Gasteiger partial charge in [0.1, 0.15) is 12.1 Å². The number of rotatable bonds is 8. The van der Waals surface area contributed by atoms with Crippen molar-refractivity contribution in [2.24, 2.45) is 0 Å². The monoisotopic (exact) mass is 536 g/mol. The molecule has 0 saturated heterocycles. The van der Waals surface area contributed by atoms with Crippen LogP contribution in [0.4, 0.5) is 30.4 Å². The number of alkyl halides is 3. The molecule has 1 aliphatic heterocycles. The van der Waals surface area contributed by atoms with E-state index in [-0.39, 0.29) is 51.8 Å². The summed E-state index contributed by atoms with van der Waals surface area (Å²) >= 11 is 6.22. The van der Waals surface area contributed by atoms with Gasteiger partial charge >= 0.3 is 6.18 Å². The second kappa shape index (κ2) is 10.9. The van der Waals surface area contributed by atoms with Crippen LogP contribution in [0.2, 0.25) is 5.02 Å². The smallest absolute Gasteiger partial charge is 0.416 e. The Balaban J connectivity index is 1.57. The molecule has 0 saturated carbocycles. The van der Waals surface area contributed by atoms with Gasteiger partial charge in [-0.3, -0.25) is 9.59 Å². The topological polar surface area (TPSA) is 126 Å². The zero-order valence-corrected chi connectivity index (χ0v) is 20.0. The largest absolute Gasteiger partial charge is 0.475 e. The van der Waals surface area contributed by atoms with Crippen LogP contribution >= 0.6 is 11.6 Å². The normalized spacial score (nSPS) is 12.7. The van der Waals surface area contributed by atoms with Gasteiger partial charge in [0, 0.05) is 30.0 Å². The van der Waals surface area contributed by atoms with E-state index in [2.05, 4.69) is 31.2 Å². The number of hydrogen-bond donors (Lipinski definition) is 4. The summed E-state index contributed by atoms with van der Waals surface area (Å²) in [5.74, 6) is -0.946. The van der Waals surface area contributed by atoms with Gasteiger partial charge in [0.2, 0.25) is 5.75 Å². The maximum Gasteiger partial charge on any atom is 0.416 e. The number of nitrogens with zero attached hydrogens (tertiary/aromatic N) is 2. The third kappa shape index (κ3) is 6.37. The molecule has 4 N–H and O–H groups in total. The molecule has 37 heavy (non-hydrogen) atoms. The lowest BCUT2D eigenvalue weighted by Gasteiger charge is -2.19. The van der Waals surface area contributed by atoms with Crippen LogP contribution in [0.1, 0.15) is 15.9 Å². The Morgan fingerprint density at radius 3 is 2.70 bits per heavy atom. The minimum Gasteiger partial charge on any atom is -0.475 e. The molecule has 194 valence electrons. The third-order valence-electron chi connectivity index (χ3n) is 5.00. The molecule has 1 aliphatic rings. The maximum absolute atomic E-state index is 13.4. The SMILES string of the molecule is CNCCNc1cc(NC(=O)c2ccc(Cl)c(Oc3ncnc4c3OCC(=O)N4)c2)cc(C(F)(F)F)c1. The predicted octanol–water partition coefficient (Wildman–Crippen LogP) is 4.16. The van der Waals surface area contributed by atoms with Crippen molar-refractivity contribution in [3.8, 4) is 17.4 Å². The molecule has 0 radical (unpaired) electrons. The summed E-state index contributed by atoms with van der Waals surface area (Å²) in [5, 5.41) is 10.9. The van der Waals surface area contributed by atoms with Crippen molar-refractivity contribution < 1.29 is 32.2 Å². The van der Waals surface area contributed by atoms with Crippen LogP contribution in [0.3, 0.4) is 0 Å². The second-order valence-electron chi connectivity index (χ2n) is 7.72. The van der Waals surface area contributed by atoms with Gasteiger partial charge in [-0.1, -0.05) is 11.6 Å². The lowest BCUT2D eigenvalue weighted by atomic mass is 10.1. The Hall–Kier alpha value is -4.10. The van der Waals surface area contributed by atoms with Crippen molar-refractivity contribution in [1.29, 1.82) is 0 Å². The van der Waals surface area contributed by atoms with Crippen molar-refractivity contribution in [1.82, 2.24) is 15.3 Å². The summed E-state index contributed by atoms with van der Waals surface area (Å²) in [6.07, 6.45) is -3.47. The quantitative estimate of drug-likeness (QED) is 0.316. The molecule has 10 nitrogen and oxygen atoms in total. The minimum absolute atomic E-state index is 0.0224. The molecule has 0 bridgehead atoms. The fraction of sp³-hybridized carbons (Fsp3) is 0.217. The van der Waals surface area contributed by atoms with Gasteiger partial charge in [0.15, 0.2) is 12.4 Å². The number of carbonyl (C=O) groups is 2. The summed E-state index contributed by atoms with van der Waals surface area (Å²) in [6.45, 7) is 0.636. The molecule has 4 rings (SSSR count). The van der Waals surface area contributed by atoms with E-state index < -0.39 is 23.6 Å². The second-order valence-corrected chi connectivity index (χ2v) is 8.13. The molecular weight excluding hydrogens is 517 g/mol. The van der Waals surface area contributed by atoms with Crippen LogP contribution in [0.5, 0.6) is 17.4 Å². The van der Waals surface area contributed by atoms with E-state index in [1.807, 2.05) is 0 Å². The average molecular weight is 537 g/mol. The Labute approximate surface area is 213 Å². The number of likely N-dealkylation sites (N-methyl/N-ethyl adjacent to an activating group) is 1. The number of ether oxygens (including phenoxy) is 2. The van der Waals surface area contributed by atoms with Gasteiger partial charge in [-0.2, -0.15) is 18.2 Å². The Bertz CT molecular complexity index is 1340. The van der Waals surface area contributed by atoms with E-state index in [1.54, 1.807) is 7.05 Å². The molecular formula is C23H20ClF3N6O4. The first-order chi connectivity index (χ1) is 17.6. The van der Waals surface area contributed by atoms with Gasteiger partial charge < -0.3 is 30.7 Å². The Morgan fingerprint density at radius 2 is 1.95 bits per heavy atom. The molecule has 2 aromatic carbocycles. The lowest BCUT2D eigenvalue weighted by Crippen LogP contribution is -2.26. The van der Waals surface area contributed by atoms with Crippen LogP contribution in [0.25, 0.3) is 0 Å². The van der Waals surface area contributed by atoms with Gasteiger partial charge in [-0.25, -0.2) is 4.98 Å². The fourth-order valence-electron chi connectivity index (χ4n) is 3.28. The minimum atomic E-state index is -4.61. The number of benzene rings is 2. The first-order valence-electron chi connectivity index (χ1n) is 10.8. The number of halogens is 4. The van der Waals surface area contributed by atoms with Crippen molar-refractivity contribution in [2.75, 3.05) is 42.7 Å². The van der Waals surface area contributed by atoms with E-state index in [0.29, 0.717) is 13.1 Å². The van der Waals surface area contributed by atoms with Crippen LogP contribution < -0.4 is 30.7 Å². The van der Waals surface area contributed by atoms with E-state index in [0.717, 1.165) is 18.5 Å². The molecule has 0 atom stereocenters. The molecule has 0 spiro atoms. The first kappa shape index (κ1) is 26.0. The number of carbonyl (C=O) groups excluding carboxylic acids is 2. The number of hydrogen-bond acceptors (Lipinski definition) is 8. The van der Waals surface area contributed by atoms with Crippen LogP contribution in [0.15, 0.2) is 42.7 Å². The van der Waals surface area contributed by atoms with Gasteiger partial charge in [-0.15, -0.1) is 0 Å². The van der Waals surface area contributed by atoms with E-state index in [4.69, 9.17) is 21.1 Å².